The van der Waals surface area contributed by atoms with Crippen LogP contribution in [0.15, 0.2) is 72.8 Å². The van der Waals surface area contributed by atoms with Crippen molar-refractivity contribution in [2.45, 2.75) is 20.0 Å². The maximum Gasteiger partial charge on any atom is 0.335 e. The van der Waals surface area contributed by atoms with Crippen LogP contribution in [0.4, 0.5) is 10.5 Å². The van der Waals surface area contributed by atoms with E-state index in [9.17, 15) is 14.4 Å². The van der Waals surface area contributed by atoms with Gasteiger partial charge in [-0.15, -0.1) is 6.58 Å². The van der Waals surface area contributed by atoms with Crippen molar-refractivity contribution in [1.29, 1.82) is 0 Å². The van der Waals surface area contributed by atoms with Crippen LogP contribution in [-0.4, -0.2) is 24.5 Å². The summed E-state index contributed by atoms with van der Waals surface area (Å²) < 4.78 is 12.0. The fourth-order valence-electron chi connectivity index (χ4n) is 3.93. The summed E-state index contributed by atoms with van der Waals surface area (Å²) in [5, 5.41) is 3.51. The van der Waals surface area contributed by atoms with Crippen LogP contribution < -0.4 is 19.7 Å². The second kappa shape index (κ2) is 12.4. The SMILES string of the molecule is C=CCc1cc(/C=C2\C(=O)NC(=O)N(c3ccc(Cl)cc3)C2=O)cc(OCC)c1OCc1ccc(Cl)c(Cl)c1. The summed E-state index contributed by atoms with van der Waals surface area (Å²) in [5.74, 6) is -0.673. The van der Waals surface area contributed by atoms with Gasteiger partial charge in [0.25, 0.3) is 11.8 Å². The van der Waals surface area contributed by atoms with Gasteiger partial charge in [-0.1, -0.05) is 46.9 Å². The number of hydrogen-bond donors (Lipinski definition) is 1. The van der Waals surface area contributed by atoms with Crippen LogP contribution in [0.5, 0.6) is 11.5 Å². The smallest absolute Gasteiger partial charge is 0.335 e. The Labute approximate surface area is 240 Å². The molecule has 0 saturated carbocycles. The zero-order valence-electron chi connectivity index (χ0n) is 20.8. The molecule has 200 valence electrons. The highest BCUT2D eigenvalue weighted by molar-refractivity contribution is 6.42. The molecule has 0 radical (unpaired) electrons. The molecule has 0 atom stereocenters. The number of rotatable bonds is 9. The van der Waals surface area contributed by atoms with Crippen molar-refractivity contribution in [3.63, 3.8) is 0 Å². The van der Waals surface area contributed by atoms with E-state index in [0.29, 0.717) is 45.2 Å². The number of hydrogen-bond acceptors (Lipinski definition) is 5. The molecule has 4 rings (SSSR count). The molecule has 1 aliphatic rings. The van der Waals surface area contributed by atoms with E-state index in [-0.39, 0.29) is 17.9 Å². The molecule has 1 heterocycles. The summed E-state index contributed by atoms with van der Waals surface area (Å²) in [6.45, 7) is 6.19. The maximum atomic E-state index is 13.3. The van der Waals surface area contributed by atoms with E-state index in [2.05, 4.69) is 11.9 Å². The number of halogens is 3. The first-order chi connectivity index (χ1) is 18.7. The van der Waals surface area contributed by atoms with Crippen molar-refractivity contribution in [2.75, 3.05) is 11.5 Å². The minimum absolute atomic E-state index is 0.195. The number of urea groups is 1. The molecule has 0 aliphatic carbocycles. The predicted octanol–water partition coefficient (Wildman–Crippen LogP) is 7.02. The molecule has 39 heavy (non-hydrogen) atoms. The third-order valence-electron chi connectivity index (χ3n) is 5.68. The Balaban J connectivity index is 1.71. The van der Waals surface area contributed by atoms with Crippen LogP contribution in [0, 0.1) is 0 Å². The van der Waals surface area contributed by atoms with Gasteiger partial charge in [0.1, 0.15) is 12.2 Å². The van der Waals surface area contributed by atoms with Gasteiger partial charge in [-0.05, 0) is 79.1 Å². The van der Waals surface area contributed by atoms with Crippen LogP contribution in [0.2, 0.25) is 15.1 Å². The molecule has 3 aromatic rings. The highest BCUT2D eigenvalue weighted by Gasteiger charge is 2.36. The van der Waals surface area contributed by atoms with Crippen molar-refractivity contribution < 1.29 is 23.9 Å². The molecule has 10 heteroatoms. The number of nitrogens with one attached hydrogen (secondary N) is 1. The predicted molar refractivity (Wildman–Crippen MR) is 153 cm³/mol. The van der Waals surface area contributed by atoms with Crippen LogP contribution in [-0.2, 0) is 22.6 Å². The summed E-state index contributed by atoms with van der Waals surface area (Å²) in [6.07, 6.45) is 3.53. The average molecular weight is 586 g/mol. The second-order valence-corrected chi connectivity index (χ2v) is 9.66. The number of allylic oxidation sites excluding steroid dienone is 1. The van der Waals surface area contributed by atoms with Crippen molar-refractivity contribution in [1.82, 2.24) is 5.32 Å². The average Bonchev–Trinajstić information content (AvgIpc) is 2.89. The highest BCUT2D eigenvalue weighted by Crippen LogP contribution is 2.36. The highest BCUT2D eigenvalue weighted by atomic mass is 35.5. The molecule has 1 N–H and O–H groups in total. The Morgan fingerprint density at radius 2 is 1.69 bits per heavy atom. The molecule has 7 nitrogen and oxygen atoms in total. The number of carbonyl (C=O) groups excluding carboxylic acids is 3. The number of nitrogens with zero attached hydrogens (tertiary/aromatic N) is 1. The van der Waals surface area contributed by atoms with Gasteiger partial charge in [0.15, 0.2) is 11.5 Å². The topological polar surface area (TPSA) is 84.9 Å². The lowest BCUT2D eigenvalue weighted by molar-refractivity contribution is -0.122. The Kier molecular flexibility index (Phi) is 8.97. The Bertz CT molecular complexity index is 1480. The van der Waals surface area contributed by atoms with Crippen LogP contribution in [0.3, 0.4) is 0 Å². The fraction of sp³-hybridized carbons (Fsp3) is 0.138. The van der Waals surface area contributed by atoms with Crippen molar-refractivity contribution in [2.24, 2.45) is 0 Å². The molecule has 1 aliphatic heterocycles. The molecule has 4 amide bonds. The van der Waals surface area contributed by atoms with Crippen molar-refractivity contribution in [3.05, 3.63) is 105 Å². The number of ether oxygens (including phenoxy) is 2. The monoisotopic (exact) mass is 584 g/mol. The summed E-state index contributed by atoms with van der Waals surface area (Å²) >= 11 is 18.1. The number of anilines is 1. The Morgan fingerprint density at radius 1 is 0.949 bits per heavy atom. The zero-order valence-corrected chi connectivity index (χ0v) is 23.1. The van der Waals surface area contributed by atoms with E-state index >= 15 is 0 Å². The molecule has 3 aromatic carbocycles. The Morgan fingerprint density at radius 3 is 2.36 bits per heavy atom. The number of barbiturate groups is 1. The van der Waals surface area contributed by atoms with Crippen molar-refractivity contribution >= 4 is 64.4 Å². The lowest BCUT2D eigenvalue weighted by Gasteiger charge is -2.26. The van der Waals surface area contributed by atoms with Crippen LogP contribution in [0.25, 0.3) is 6.08 Å². The number of amides is 4. The first-order valence-corrected chi connectivity index (χ1v) is 13.0. The van der Waals surface area contributed by atoms with E-state index < -0.39 is 17.8 Å². The minimum atomic E-state index is -0.849. The lowest BCUT2D eigenvalue weighted by atomic mass is 10.0. The van der Waals surface area contributed by atoms with E-state index in [1.807, 2.05) is 13.0 Å². The maximum absolute atomic E-state index is 13.3. The molecule has 0 bridgehead atoms. The summed E-state index contributed by atoms with van der Waals surface area (Å²) in [5.41, 5.74) is 2.08. The second-order valence-electron chi connectivity index (χ2n) is 8.40. The van der Waals surface area contributed by atoms with E-state index in [4.69, 9.17) is 44.3 Å². The molecule has 0 spiro atoms. The van der Waals surface area contributed by atoms with E-state index in [0.717, 1.165) is 16.0 Å². The molecule has 0 aromatic heterocycles. The summed E-state index contributed by atoms with van der Waals surface area (Å²) in [7, 11) is 0. The van der Waals surface area contributed by atoms with E-state index in [1.165, 1.54) is 18.2 Å². The molecule has 0 unspecified atom stereocenters. The lowest BCUT2D eigenvalue weighted by Crippen LogP contribution is -2.54. The first kappa shape index (κ1) is 28.2. The molecule has 1 fully saturated rings. The molecule has 1 saturated heterocycles. The third-order valence-corrected chi connectivity index (χ3v) is 6.67. The Hall–Kier alpha value is -3.78. The number of benzene rings is 3. The molecular weight excluding hydrogens is 563 g/mol. The van der Waals surface area contributed by atoms with Crippen LogP contribution >= 0.6 is 34.8 Å². The van der Waals surface area contributed by atoms with Gasteiger partial charge in [0, 0.05) is 10.6 Å². The van der Waals surface area contributed by atoms with Gasteiger partial charge in [-0.25, -0.2) is 9.69 Å². The van der Waals surface area contributed by atoms with Crippen LogP contribution in [0.1, 0.15) is 23.6 Å². The van der Waals surface area contributed by atoms with Gasteiger partial charge >= 0.3 is 6.03 Å². The normalized spacial score (nSPS) is 14.4. The van der Waals surface area contributed by atoms with Gasteiger partial charge in [0.2, 0.25) is 0 Å². The minimum Gasteiger partial charge on any atom is -0.490 e. The van der Waals surface area contributed by atoms with Crippen molar-refractivity contribution in [3.8, 4) is 11.5 Å². The largest absolute Gasteiger partial charge is 0.490 e. The van der Waals surface area contributed by atoms with Gasteiger partial charge in [-0.2, -0.15) is 0 Å². The molecular formula is C29H23Cl3N2O5. The van der Waals surface area contributed by atoms with Gasteiger partial charge in [0.05, 0.1) is 22.3 Å². The van der Waals surface area contributed by atoms with Gasteiger partial charge in [-0.3, -0.25) is 14.9 Å². The number of imide groups is 2. The quantitative estimate of drug-likeness (QED) is 0.166. The third kappa shape index (κ3) is 6.45. The van der Waals surface area contributed by atoms with E-state index in [1.54, 1.807) is 42.5 Å². The first-order valence-electron chi connectivity index (χ1n) is 11.9. The summed E-state index contributed by atoms with van der Waals surface area (Å²) in [4.78, 5) is 39.4. The standard InChI is InChI=1S/C29H23Cl3N2O5/c1-3-5-19-12-18(15-25(38-4-2)26(19)39-16-17-6-11-23(31)24(32)14-17)13-22-27(35)33-29(37)34(28(22)36)21-9-7-20(30)8-10-21/h3,6-15H,1,4-5,16H2,2H3,(H,33,35,37)/b22-13+. The fourth-order valence-corrected chi connectivity index (χ4v) is 4.38. The van der Waals surface area contributed by atoms with Gasteiger partial charge < -0.3 is 9.47 Å². The number of carbonyl (C=O) groups is 3. The zero-order chi connectivity index (χ0) is 28.1. The summed E-state index contributed by atoms with van der Waals surface area (Å²) in [6, 6.07) is 13.9.